The van der Waals surface area contributed by atoms with E-state index in [1.165, 1.54) is 38.5 Å². The Morgan fingerprint density at radius 1 is 1.17 bits per heavy atom. The molecule has 0 amide bonds. The molecule has 0 bridgehead atoms. The highest BCUT2D eigenvalue weighted by Crippen LogP contribution is 2.29. The number of nitrogens with one attached hydrogen (secondary N) is 1. The molecule has 100 valence electrons. The van der Waals surface area contributed by atoms with Crippen LogP contribution in [-0.4, -0.2) is 17.8 Å². The van der Waals surface area contributed by atoms with Crippen LogP contribution in [0.3, 0.4) is 0 Å². The molecule has 0 aromatic heterocycles. The minimum Gasteiger partial charge on any atom is -0.394 e. The molecule has 1 unspecified atom stereocenters. The van der Waals surface area contributed by atoms with Gasteiger partial charge in [-0.15, -0.1) is 0 Å². The lowest BCUT2D eigenvalue weighted by atomic mass is 9.92. The van der Waals surface area contributed by atoms with Gasteiger partial charge in [0.05, 0.1) is 12.6 Å². The van der Waals surface area contributed by atoms with Crippen molar-refractivity contribution in [1.29, 1.82) is 0 Å². The Morgan fingerprint density at radius 3 is 2.44 bits per heavy atom. The van der Waals surface area contributed by atoms with Gasteiger partial charge in [0.2, 0.25) is 0 Å². The third-order valence-corrected chi connectivity index (χ3v) is 4.57. The van der Waals surface area contributed by atoms with Gasteiger partial charge in [0.15, 0.2) is 0 Å². The molecule has 1 saturated carbocycles. The zero-order valence-corrected chi connectivity index (χ0v) is 12.3. The van der Waals surface area contributed by atoms with Gasteiger partial charge in [-0.3, -0.25) is 0 Å². The van der Waals surface area contributed by atoms with Gasteiger partial charge in [-0.25, -0.2) is 0 Å². The van der Waals surface area contributed by atoms with Crippen LogP contribution in [0.5, 0.6) is 0 Å². The molecule has 1 aromatic rings. The number of benzene rings is 1. The van der Waals surface area contributed by atoms with E-state index in [1.807, 2.05) is 18.2 Å². The van der Waals surface area contributed by atoms with Gasteiger partial charge < -0.3 is 10.4 Å². The van der Waals surface area contributed by atoms with Crippen LogP contribution in [0.15, 0.2) is 28.7 Å². The number of aliphatic hydroxyl groups excluding tert-OH is 1. The Bertz CT molecular complexity index is 361. The average Bonchev–Trinajstić information content (AvgIpc) is 2.67. The average molecular weight is 312 g/mol. The van der Waals surface area contributed by atoms with Crippen molar-refractivity contribution in [1.82, 2.24) is 0 Å². The Labute approximate surface area is 118 Å². The summed E-state index contributed by atoms with van der Waals surface area (Å²) in [5, 5.41) is 13.1. The van der Waals surface area contributed by atoms with Crippen LogP contribution < -0.4 is 5.32 Å². The van der Waals surface area contributed by atoms with Crippen molar-refractivity contribution in [3.8, 4) is 0 Å². The SMILES string of the molecule is OCC(Nc1ccccc1Br)C1CCCCCC1. The fourth-order valence-electron chi connectivity index (χ4n) is 2.80. The van der Waals surface area contributed by atoms with Gasteiger partial charge in [-0.2, -0.15) is 0 Å². The molecule has 2 N–H and O–H groups in total. The second-order valence-corrected chi connectivity index (χ2v) is 6.02. The van der Waals surface area contributed by atoms with Crippen LogP contribution in [-0.2, 0) is 0 Å². The predicted octanol–water partition coefficient (Wildman–Crippen LogP) is 4.19. The van der Waals surface area contributed by atoms with Crippen molar-refractivity contribution in [2.75, 3.05) is 11.9 Å². The molecule has 18 heavy (non-hydrogen) atoms. The van der Waals surface area contributed by atoms with E-state index in [-0.39, 0.29) is 12.6 Å². The molecule has 2 rings (SSSR count). The molecular weight excluding hydrogens is 290 g/mol. The van der Waals surface area contributed by atoms with E-state index in [0.717, 1.165) is 10.2 Å². The molecule has 1 aliphatic carbocycles. The summed E-state index contributed by atoms with van der Waals surface area (Å²) in [4.78, 5) is 0. The number of para-hydroxylation sites is 1. The summed E-state index contributed by atoms with van der Waals surface area (Å²) in [6.07, 6.45) is 7.79. The van der Waals surface area contributed by atoms with Crippen molar-refractivity contribution in [3.63, 3.8) is 0 Å². The highest BCUT2D eigenvalue weighted by atomic mass is 79.9. The van der Waals surface area contributed by atoms with E-state index in [9.17, 15) is 5.11 Å². The largest absolute Gasteiger partial charge is 0.394 e. The van der Waals surface area contributed by atoms with Crippen molar-refractivity contribution in [2.24, 2.45) is 5.92 Å². The van der Waals surface area contributed by atoms with Gasteiger partial charge in [-0.1, -0.05) is 37.8 Å². The van der Waals surface area contributed by atoms with E-state index in [1.54, 1.807) is 0 Å². The summed E-state index contributed by atoms with van der Waals surface area (Å²) < 4.78 is 1.07. The van der Waals surface area contributed by atoms with E-state index in [0.29, 0.717) is 5.92 Å². The highest BCUT2D eigenvalue weighted by Gasteiger charge is 2.22. The van der Waals surface area contributed by atoms with Crippen molar-refractivity contribution in [3.05, 3.63) is 28.7 Å². The van der Waals surface area contributed by atoms with Gasteiger partial charge >= 0.3 is 0 Å². The van der Waals surface area contributed by atoms with Gasteiger partial charge in [0.25, 0.3) is 0 Å². The number of halogens is 1. The summed E-state index contributed by atoms with van der Waals surface area (Å²) in [7, 11) is 0. The zero-order chi connectivity index (χ0) is 12.8. The number of rotatable bonds is 4. The third kappa shape index (κ3) is 3.72. The number of hydrogen-bond acceptors (Lipinski definition) is 2. The predicted molar refractivity (Wildman–Crippen MR) is 79.8 cm³/mol. The second-order valence-electron chi connectivity index (χ2n) is 5.16. The first-order valence-corrected chi connectivity index (χ1v) is 7.72. The molecule has 1 fully saturated rings. The number of hydrogen-bond donors (Lipinski definition) is 2. The van der Waals surface area contributed by atoms with Crippen molar-refractivity contribution >= 4 is 21.6 Å². The molecule has 1 atom stereocenters. The fraction of sp³-hybridized carbons (Fsp3) is 0.600. The number of aliphatic hydroxyl groups is 1. The van der Waals surface area contributed by atoms with Gasteiger partial charge in [0, 0.05) is 10.2 Å². The minimum atomic E-state index is 0.182. The Morgan fingerprint density at radius 2 is 1.83 bits per heavy atom. The molecule has 0 spiro atoms. The lowest BCUT2D eigenvalue weighted by Gasteiger charge is -2.27. The lowest BCUT2D eigenvalue weighted by Crippen LogP contribution is -2.32. The summed E-state index contributed by atoms with van der Waals surface area (Å²) in [6.45, 7) is 0.214. The topological polar surface area (TPSA) is 32.3 Å². The van der Waals surface area contributed by atoms with Gasteiger partial charge in [0.1, 0.15) is 0 Å². The summed E-state index contributed by atoms with van der Waals surface area (Å²) in [6, 6.07) is 8.30. The van der Waals surface area contributed by atoms with E-state index >= 15 is 0 Å². The molecule has 1 aliphatic rings. The second kappa shape index (κ2) is 7.15. The van der Waals surface area contributed by atoms with Gasteiger partial charge in [-0.05, 0) is 46.8 Å². The summed E-state index contributed by atoms with van der Waals surface area (Å²) in [5.74, 6) is 0.601. The molecule has 0 heterocycles. The fourth-order valence-corrected chi connectivity index (χ4v) is 3.20. The minimum absolute atomic E-state index is 0.182. The van der Waals surface area contributed by atoms with Crippen LogP contribution in [0.25, 0.3) is 0 Å². The zero-order valence-electron chi connectivity index (χ0n) is 10.7. The first-order valence-electron chi connectivity index (χ1n) is 6.93. The molecule has 0 aliphatic heterocycles. The molecule has 2 nitrogen and oxygen atoms in total. The first-order chi connectivity index (χ1) is 8.81. The summed E-state index contributed by atoms with van der Waals surface area (Å²) >= 11 is 3.55. The van der Waals surface area contributed by atoms with E-state index in [2.05, 4.69) is 27.3 Å². The molecule has 0 saturated heterocycles. The van der Waals surface area contributed by atoms with Crippen LogP contribution in [0.2, 0.25) is 0 Å². The van der Waals surface area contributed by atoms with Crippen LogP contribution in [0.1, 0.15) is 38.5 Å². The highest BCUT2D eigenvalue weighted by molar-refractivity contribution is 9.10. The third-order valence-electron chi connectivity index (χ3n) is 3.88. The smallest absolute Gasteiger partial charge is 0.0635 e. The van der Waals surface area contributed by atoms with E-state index < -0.39 is 0 Å². The monoisotopic (exact) mass is 311 g/mol. The Balaban J connectivity index is 2.02. The van der Waals surface area contributed by atoms with E-state index in [4.69, 9.17) is 0 Å². The standard InChI is InChI=1S/C15H22BrNO/c16-13-9-5-6-10-14(13)17-15(11-18)12-7-3-1-2-4-8-12/h5-6,9-10,12,15,17-18H,1-4,7-8,11H2. The first kappa shape index (κ1) is 13.9. The van der Waals surface area contributed by atoms with Crippen molar-refractivity contribution < 1.29 is 5.11 Å². The van der Waals surface area contributed by atoms with Crippen LogP contribution in [0.4, 0.5) is 5.69 Å². The van der Waals surface area contributed by atoms with Crippen LogP contribution >= 0.6 is 15.9 Å². The maximum Gasteiger partial charge on any atom is 0.0635 e. The lowest BCUT2D eigenvalue weighted by molar-refractivity contribution is 0.227. The Hall–Kier alpha value is -0.540. The maximum absolute atomic E-state index is 9.64. The van der Waals surface area contributed by atoms with Crippen LogP contribution in [0, 0.1) is 5.92 Å². The molecule has 1 aromatic carbocycles. The Kier molecular flexibility index (Phi) is 5.51. The summed E-state index contributed by atoms with van der Waals surface area (Å²) in [5.41, 5.74) is 1.08. The normalized spacial score (nSPS) is 19.2. The molecule has 0 radical (unpaired) electrons. The molecule has 3 heteroatoms. The molecular formula is C15H22BrNO. The maximum atomic E-state index is 9.64. The van der Waals surface area contributed by atoms with Crippen molar-refractivity contribution in [2.45, 2.75) is 44.6 Å². The quantitative estimate of drug-likeness (QED) is 0.817. The number of anilines is 1.